The van der Waals surface area contributed by atoms with Crippen molar-refractivity contribution in [1.82, 2.24) is 14.9 Å². The Hall–Kier alpha value is -1.20. The van der Waals surface area contributed by atoms with Crippen molar-refractivity contribution in [3.8, 4) is 0 Å². The first kappa shape index (κ1) is 13.5. The van der Waals surface area contributed by atoms with Gasteiger partial charge in [-0.3, -0.25) is 4.98 Å². The zero-order valence-corrected chi connectivity index (χ0v) is 12.5. The topological polar surface area (TPSA) is 50.3 Å². The molecular weight excluding hydrogens is 264 g/mol. The maximum Gasteiger partial charge on any atom is 0.144 e. The second kappa shape index (κ2) is 5.54. The van der Waals surface area contributed by atoms with Crippen LogP contribution in [-0.2, 0) is 4.74 Å². The summed E-state index contributed by atoms with van der Waals surface area (Å²) < 4.78 is 6.25. The summed E-state index contributed by atoms with van der Waals surface area (Å²) in [5.41, 5.74) is 0.0764. The third-order valence-electron chi connectivity index (χ3n) is 4.96. The highest BCUT2D eigenvalue weighted by molar-refractivity contribution is 5.32. The van der Waals surface area contributed by atoms with Crippen LogP contribution in [0.3, 0.4) is 0 Å². The van der Waals surface area contributed by atoms with Crippen molar-refractivity contribution >= 4 is 5.82 Å². The number of aromatic nitrogens is 2. The Labute approximate surface area is 126 Å². The van der Waals surface area contributed by atoms with Gasteiger partial charge in [0.2, 0.25) is 0 Å². The van der Waals surface area contributed by atoms with Crippen molar-refractivity contribution in [2.24, 2.45) is 5.92 Å². The van der Waals surface area contributed by atoms with Crippen LogP contribution in [-0.4, -0.2) is 52.8 Å². The molecule has 1 saturated carbocycles. The molecule has 1 spiro atoms. The van der Waals surface area contributed by atoms with Gasteiger partial charge in [0.15, 0.2) is 0 Å². The quantitative estimate of drug-likeness (QED) is 0.917. The molecule has 2 unspecified atom stereocenters. The second-order valence-corrected chi connectivity index (χ2v) is 6.91. The number of ether oxygens (including phenoxy) is 1. The van der Waals surface area contributed by atoms with E-state index in [0.29, 0.717) is 6.04 Å². The lowest BCUT2D eigenvalue weighted by Crippen LogP contribution is -2.48. The molecular formula is C16H24N4O. The average Bonchev–Trinajstić information content (AvgIpc) is 3.23. The molecule has 5 nitrogen and oxygen atoms in total. The predicted octanol–water partition coefficient (Wildman–Crippen LogP) is 1.92. The second-order valence-electron chi connectivity index (χ2n) is 6.91. The zero-order valence-electron chi connectivity index (χ0n) is 12.5. The van der Waals surface area contributed by atoms with E-state index in [9.17, 15) is 0 Å². The smallest absolute Gasteiger partial charge is 0.144 e. The molecule has 3 heterocycles. The standard InChI is InChI=1S/C16H24N4O/c1-4-16(12-20(7-1)10-13-2-3-13)8-14(11-21-16)19-15-9-17-5-6-18-15/h5-6,9,13-14H,1-4,7-8,10-12H2,(H,18,19). The highest BCUT2D eigenvalue weighted by atomic mass is 16.5. The van der Waals surface area contributed by atoms with E-state index in [1.54, 1.807) is 18.6 Å². The van der Waals surface area contributed by atoms with Crippen LogP contribution in [0.2, 0.25) is 0 Å². The SMILES string of the molecule is c1cnc(NC2COC3(CCCN(CC4CC4)C3)C2)cn1. The minimum absolute atomic E-state index is 0.0764. The normalized spacial score (nSPS) is 33.4. The van der Waals surface area contributed by atoms with E-state index in [4.69, 9.17) is 4.74 Å². The van der Waals surface area contributed by atoms with Gasteiger partial charge >= 0.3 is 0 Å². The summed E-state index contributed by atoms with van der Waals surface area (Å²) in [4.78, 5) is 11.0. The first-order chi connectivity index (χ1) is 10.3. The van der Waals surface area contributed by atoms with Crippen LogP contribution in [0.1, 0.15) is 32.1 Å². The largest absolute Gasteiger partial charge is 0.371 e. The van der Waals surface area contributed by atoms with Crippen LogP contribution >= 0.6 is 0 Å². The van der Waals surface area contributed by atoms with Gasteiger partial charge in [-0.15, -0.1) is 0 Å². The molecule has 1 aromatic rings. The number of nitrogens with zero attached hydrogens (tertiary/aromatic N) is 3. The maximum atomic E-state index is 6.25. The summed E-state index contributed by atoms with van der Waals surface area (Å²) in [6.07, 6.45) is 11.6. The molecule has 2 saturated heterocycles. The predicted molar refractivity (Wildman–Crippen MR) is 81.1 cm³/mol. The number of hydrogen-bond acceptors (Lipinski definition) is 5. The molecule has 1 aliphatic carbocycles. The van der Waals surface area contributed by atoms with Crippen molar-refractivity contribution in [1.29, 1.82) is 0 Å². The molecule has 0 amide bonds. The van der Waals surface area contributed by atoms with Gasteiger partial charge < -0.3 is 15.0 Å². The summed E-state index contributed by atoms with van der Waals surface area (Å²) >= 11 is 0. The highest BCUT2D eigenvalue weighted by Gasteiger charge is 2.44. The van der Waals surface area contributed by atoms with Crippen LogP contribution < -0.4 is 5.32 Å². The van der Waals surface area contributed by atoms with Crippen molar-refractivity contribution in [3.63, 3.8) is 0 Å². The molecule has 0 aromatic carbocycles. The van der Waals surface area contributed by atoms with Gasteiger partial charge in [-0.05, 0) is 38.1 Å². The molecule has 21 heavy (non-hydrogen) atoms. The molecule has 1 aromatic heterocycles. The Bertz CT molecular complexity index is 478. The van der Waals surface area contributed by atoms with Crippen LogP contribution in [0.5, 0.6) is 0 Å². The fourth-order valence-electron chi connectivity index (χ4n) is 3.82. The number of anilines is 1. The number of rotatable bonds is 4. The van der Waals surface area contributed by atoms with E-state index < -0.39 is 0 Å². The van der Waals surface area contributed by atoms with Gasteiger partial charge in [0, 0.05) is 31.9 Å². The molecule has 2 aliphatic heterocycles. The Kier molecular flexibility index (Phi) is 3.55. The Morgan fingerprint density at radius 1 is 1.38 bits per heavy atom. The summed E-state index contributed by atoms with van der Waals surface area (Å²) in [5, 5.41) is 3.46. The van der Waals surface area contributed by atoms with Gasteiger partial charge in [-0.25, -0.2) is 4.98 Å². The molecule has 2 atom stereocenters. The van der Waals surface area contributed by atoms with Gasteiger partial charge in [0.1, 0.15) is 5.82 Å². The van der Waals surface area contributed by atoms with Crippen LogP contribution in [0.15, 0.2) is 18.6 Å². The van der Waals surface area contributed by atoms with E-state index in [2.05, 4.69) is 20.2 Å². The summed E-state index contributed by atoms with van der Waals surface area (Å²) in [6, 6.07) is 0.363. The molecule has 3 aliphatic rings. The number of likely N-dealkylation sites (tertiary alicyclic amines) is 1. The first-order valence-corrected chi connectivity index (χ1v) is 8.20. The molecule has 1 N–H and O–H groups in total. The maximum absolute atomic E-state index is 6.25. The number of hydrogen-bond donors (Lipinski definition) is 1. The fraction of sp³-hybridized carbons (Fsp3) is 0.750. The molecule has 114 valence electrons. The van der Waals surface area contributed by atoms with Crippen molar-refractivity contribution in [2.45, 2.75) is 43.7 Å². The lowest BCUT2D eigenvalue weighted by molar-refractivity contribution is -0.0521. The average molecular weight is 288 g/mol. The van der Waals surface area contributed by atoms with Crippen molar-refractivity contribution in [2.75, 3.05) is 31.6 Å². The van der Waals surface area contributed by atoms with E-state index in [1.165, 1.54) is 38.8 Å². The third-order valence-corrected chi connectivity index (χ3v) is 4.96. The van der Waals surface area contributed by atoms with Gasteiger partial charge in [0.25, 0.3) is 0 Å². The molecule has 4 rings (SSSR count). The minimum atomic E-state index is 0.0764. The molecule has 3 fully saturated rings. The summed E-state index contributed by atoms with van der Waals surface area (Å²) in [7, 11) is 0. The summed E-state index contributed by atoms with van der Waals surface area (Å²) in [5.74, 6) is 1.82. The Balaban J connectivity index is 1.35. The molecule has 0 bridgehead atoms. The number of nitrogens with one attached hydrogen (secondary N) is 1. The van der Waals surface area contributed by atoms with Crippen LogP contribution in [0.4, 0.5) is 5.82 Å². The van der Waals surface area contributed by atoms with Crippen molar-refractivity contribution in [3.05, 3.63) is 18.6 Å². The Morgan fingerprint density at radius 3 is 3.14 bits per heavy atom. The lowest BCUT2D eigenvalue weighted by Gasteiger charge is -2.39. The van der Waals surface area contributed by atoms with Gasteiger partial charge in [-0.2, -0.15) is 0 Å². The van der Waals surface area contributed by atoms with Gasteiger partial charge in [-0.1, -0.05) is 0 Å². The zero-order chi connectivity index (χ0) is 14.1. The van der Waals surface area contributed by atoms with Gasteiger partial charge in [0.05, 0.1) is 24.4 Å². The van der Waals surface area contributed by atoms with Crippen LogP contribution in [0, 0.1) is 5.92 Å². The molecule has 0 radical (unpaired) electrons. The fourth-order valence-corrected chi connectivity index (χ4v) is 3.82. The van der Waals surface area contributed by atoms with Crippen LogP contribution in [0.25, 0.3) is 0 Å². The van der Waals surface area contributed by atoms with Crippen molar-refractivity contribution < 1.29 is 4.74 Å². The summed E-state index contributed by atoms with van der Waals surface area (Å²) in [6.45, 7) is 4.44. The minimum Gasteiger partial charge on any atom is -0.371 e. The lowest BCUT2D eigenvalue weighted by atomic mass is 9.88. The highest BCUT2D eigenvalue weighted by Crippen LogP contribution is 2.37. The molecule has 5 heteroatoms. The van der Waals surface area contributed by atoms with E-state index in [1.807, 2.05) is 0 Å². The Morgan fingerprint density at radius 2 is 2.33 bits per heavy atom. The number of piperidine rings is 1. The first-order valence-electron chi connectivity index (χ1n) is 8.20. The third kappa shape index (κ3) is 3.19. The van der Waals surface area contributed by atoms with E-state index >= 15 is 0 Å². The van der Waals surface area contributed by atoms with E-state index in [0.717, 1.165) is 31.3 Å². The monoisotopic (exact) mass is 288 g/mol. The van der Waals surface area contributed by atoms with E-state index in [-0.39, 0.29) is 5.60 Å².